The summed E-state index contributed by atoms with van der Waals surface area (Å²) in [5.74, 6) is -0.813. The first-order valence-corrected chi connectivity index (χ1v) is 6.11. The lowest BCUT2D eigenvalue weighted by molar-refractivity contribution is 0.0952. The number of nitrogens with one attached hydrogen (secondary N) is 1. The van der Waals surface area contributed by atoms with E-state index in [9.17, 15) is 9.18 Å². The number of hydrogen-bond donors (Lipinski definition) is 1. The van der Waals surface area contributed by atoms with Gasteiger partial charge in [-0.05, 0) is 25.0 Å². The van der Waals surface area contributed by atoms with E-state index in [1.807, 2.05) is 10.8 Å². The fourth-order valence-corrected chi connectivity index (χ4v) is 1.65. The molecular formula is C13H15FN4O. The van der Waals surface area contributed by atoms with Crippen LogP contribution in [0.3, 0.4) is 0 Å². The van der Waals surface area contributed by atoms with Gasteiger partial charge < -0.3 is 9.88 Å². The third kappa shape index (κ3) is 4.17. The number of halogens is 1. The zero-order chi connectivity index (χ0) is 13.5. The third-order valence-corrected chi connectivity index (χ3v) is 2.68. The Morgan fingerprint density at radius 3 is 2.95 bits per heavy atom. The number of nitrogens with zero attached hydrogens (tertiary/aromatic N) is 3. The minimum absolute atomic E-state index is 0.227. The van der Waals surface area contributed by atoms with Crippen LogP contribution in [0.4, 0.5) is 4.39 Å². The summed E-state index contributed by atoms with van der Waals surface area (Å²) in [5.41, 5.74) is 0.371. The molecule has 19 heavy (non-hydrogen) atoms. The van der Waals surface area contributed by atoms with E-state index in [-0.39, 0.29) is 5.91 Å². The molecule has 0 aliphatic heterocycles. The molecule has 2 aromatic heterocycles. The number of imidazole rings is 1. The van der Waals surface area contributed by atoms with Crippen LogP contribution >= 0.6 is 0 Å². The zero-order valence-corrected chi connectivity index (χ0v) is 10.4. The Morgan fingerprint density at radius 2 is 2.26 bits per heavy atom. The Bertz CT molecular complexity index is 510. The van der Waals surface area contributed by atoms with Crippen molar-refractivity contribution in [2.75, 3.05) is 6.54 Å². The summed E-state index contributed by atoms with van der Waals surface area (Å²) in [4.78, 5) is 19.1. The van der Waals surface area contributed by atoms with Crippen LogP contribution < -0.4 is 5.32 Å². The van der Waals surface area contributed by atoms with E-state index in [4.69, 9.17) is 0 Å². The van der Waals surface area contributed by atoms with Gasteiger partial charge in [0.05, 0.1) is 11.9 Å². The molecule has 0 aliphatic carbocycles. The first-order chi connectivity index (χ1) is 9.25. The Kier molecular flexibility index (Phi) is 4.60. The van der Waals surface area contributed by atoms with Crippen molar-refractivity contribution >= 4 is 5.91 Å². The third-order valence-electron chi connectivity index (χ3n) is 2.68. The molecule has 2 heterocycles. The van der Waals surface area contributed by atoms with Crippen molar-refractivity contribution < 1.29 is 9.18 Å². The second-order valence-corrected chi connectivity index (χ2v) is 4.13. The van der Waals surface area contributed by atoms with E-state index >= 15 is 0 Å². The molecule has 0 fully saturated rings. The van der Waals surface area contributed by atoms with Crippen LogP contribution in [-0.4, -0.2) is 27.0 Å². The van der Waals surface area contributed by atoms with Gasteiger partial charge in [0.15, 0.2) is 0 Å². The van der Waals surface area contributed by atoms with E-state index in [1.165, 1.54) is 18.3 Å². The number of pyridine rings is 1. The highest BCUT2D eigenvalue weighted by Crippen LogP contribution is 1.99. The molecule has 100 valence electrons. The summed E-state index contributed by atoms with van der Waals surface area (Å²) in [5, 5.41) is 2.77. The molecule has 1 N–H and O–H groups in total. The molecule has 0 aromatic carbocycles. The molecule has 6 heteroatoms. The van der Waals surface area contributed by atoms with Crippen LogP contribution in [0, 0.1) is 5.95 Å². The van der Waals surface area contributed by atoms with Crippen LogP contribution in [0.25, 0.3) is 0 Å². The fraction of sp³-hybridized carbons (Fsp3) is 0.308. The Morgan fingerprint density at radius 1 is 1.37 bits per heavy atom. The van der Waals surface area contributed by atoms with E-state index in [0.29, 0.717) is 12.1 Å². The highest BCUT2D eigenvalue weighted by atomic mass is 19.1. The van der Waals surface area contributed by atoms with Crippen molar-refractivity contribution in [3.05, 3.63) is 48.6 Å². The van der Waals surface area contributed by atoms with Crippen molar-refractivity contribution in [3.63, 3.8) is 0 Å². The van der Waals surface area contributed by atoms with Crippen molar-refractivity contribution in [2.45, 2.75) is 19.4 Å². The van der Waals surface area contributed by atoms with Crippen LogP contribution in [-0.2, 0) is 6.54 Å². The number of unbranched alkanes of at least 4 members (excludes halogenated alkanes) is 1. The zero-order valence-electron chi connectivity index (χ0n) is 10.4. The molecule has 0 aliphatic rings. The normalized spacial score (nSPS) is 10.4. The summed E-state index contributed by atoms with van der Waals surface area (Å²) in [6.07, 6.45) is 8.47. The predicted octanol–water partition coefficient (Wildman–Crippen LogP) is 1.63. The molecule has 0 atom stereocenters. The minimum Gasteiger partial charge on any atom is -0.352 e. The van der Waals surface area contributed by atoms with Crippen molar-refractivity contribution in [2.24, 2.45) is 0 Å². The van der Waals surface area contributed by atoms with Crippen molar-refractivity contribution in [1.82, 2.24) is 19.9 Å². The first-order valence-electron chi connectivity index (χ1n) is 6.11. The molecule has 0 spiro atoms. The summed E-state index contributed by atoms with van der Waals surface area (Å²) in [6.45, 7) is 1.47. The molecule has 0 unspecified atom stereocenters. The predicted molar refractivity (Wildman–Crippen MR) is 68.0 cm³/mol. The van der Waals surface area contributed by atoms with Gasteiger partial charge in [-0.2, -0.15) is 4.39 Å². The quantitative estimate of drug-likeness (QED) is 0.635. The maximum atomic E-state index is 12.6. The summed E-state index contributed by atoms with van der Waals surface area (Å²) < 4.78 is 14.6. The molecule has 1 amide bonds. The van der Waals surface area contributed by atoms with Gasteiger partial charge in [-0.3, -0.25) is 4.79 Å². The molecule has 0 saturated carbocycles. The molecular weight excluding hydrogens is 247 g/mol. The van der Waals surface area contributed by atoms with E-state index in [2.05, 4.69) is 15.3 Å². The number of hydrogen-bond acceptors (Lipinski definition) is 3. The van der Waals surface area contributed by atoms with Crippen LogP contribution in [0.1, 0.15) is 23.2 Å². The second kappa shape index (κ2) is 6.63. The molecule has 2 rings (SSSR count). The van der Waals surface area contributed by atoms with Crippen molar-refractivity contribution in [3.8, 4) is 0 Å². The number of carbonyl (C=O) groups excluding carboxylic acids is 1. The number of aryl methyl sites for hydroxylation is 1. The monoisotopic (exact) mass is 262 g/mol. The number of amides is 1. The standard InChI is InChI=1S/C13H15FN4O/c14-12-4-3-11(9-17-12)13(19)16-5-1-2-7-18-8-6-15-10-18/h3-4,6,8-10H,1-2,5,7H2,(H,16,19). The summed E-state index contributed by atoms with van der Waals surface area (Å²) in [6, 6.07) is 2.59. The van der Waals surface area contributed by atoms with Crippen molar-refractivity contribution in [1.29, 1.82) is 0 Å². The minimum atomic E-state index is -0.586. The van der Waals surface area contributed by atoms with Gasteiger partial charge in [0.1, 0.15) is 0 Å². The van der Waals surface area contributed by atoms with Crippen LogP contribution in [0.15, 0.2) is 37.1 Å². The molecule has 0 radical (unpaired) electrons. The lowest BCUT2D eigenvalue weighted by atomic mass is 10.2. The summed E-state index contributed by atoms with van der Waals surface area (Å²) in [7, 11) is 0. The molecule has 0 saturated heterocycles. The van der Waals surface area contributed by atoms with Gasteiger partial charge in [0, 0.05) is 31.7 Å². The largest absolute Gasteiger partial charge is 0.352 e. The second-order valence-electron chi connectivity index (χ2n) is 4.13. The van der Waals surface area contributed by atoms with Gasteiger partial charge in [-0.25, -0.2) is 9.97 Å². The average Bonchev–Trinajstić information content (AvgIpc) is 2.92. The molecule has 0 bridgehead atoms. The lowest BCUT2D eigenvalue weighted by Gasteiger charge is -2.05. The van der Waals surface area contributed by atoms with E-state index in [0.717, 1.165) is 19.4 Å². The number of rotatable bonds is 6. The Labute approximate surface area is 110 Å². The fourth-order valence-electron chi connectivity index (χ4n) is 1.65. The SMILES string of the molecule is O=C(NCCCCn1ccnc1)c1ccc(F)nc1. The van der Waals surface area contributed by atoms with Gasteiger partial charge in [0.25, 0.3) is 5.91 Å². The summed E-state index contributed by atoms with van der Waals surface area (Å²) >= 11 is 0. The van der Waals surface area contributed by atoms with Crippen LogP contribution in [0.5, 0.6) is 0 Å². The lowest BCUT2D eigenvalue weighted by Crippen LogP contribution is -2.24. The maximum absolute atomic E-state index is 12.6. The van der Waals surface area contributed by atoms with Gasteiger partial charge >= 0.3 is 0 Å². The molecule has 5 nitrogen and oxygen atoms in total. The van der Waals surface area contributed by atoms with Gasteiger partial charge in [-0.1, -0.05) is 0 Å². The first kappa shape index (κ1) is 13.2. The average molecular weight is 262 g/mol. The smallest absolute Gasteiger partial charge is 0.252 e. The topological polar surface area (TPSA) is 59.8 Å². The number of carbonyl (C=O) groups is 1. The Balaban J connectivity index is 1.65. The highest BCUT2D eigenvalue weighted by molar-refractivity contribution is 5.93. The Hall–Kier alpha value is -2.24. The van der Waals surface area contributed by atoms with Gasteiger partial charge in [0.2, 0.25) is 5.95 Å². The highest BCUT2D eigenvalue weighted by Gasteiger charge is 2.04. The number of aromatic nitrogens is 3. The maximum Gasteiger partial charge on any atom is 0.252 e. The van der Waals surface area contributed by atoms with Crippen LogP contribution in [0.2, 0.25) is 0 Å². The van der Waals surface area contributed by atoms with E-state index in [1.54, 1.807) is 12.5 Å². The molecule has 2 aromatic rings. The van der Waals surface area contributed by atoms with E-state index < -0.39 is 5.95 Å². The van der Waals surface area contributed by atoms with Gasteiger partial charge in [-0.15, -0.1) is 0 Å².